The molecular weight excluding hydrogens is 176 g/mol. The van der Waals surface area contributed by atoms with E-state index in [0.29, 0.717) is 6.10 Å². The molecule has 0 aromatic carbocycles. The zero-order chi connectivity index (χ0) is 10.2. The van der Waals surface area contributed by atoms with Gasteiger partial charge in [0.1, 0.15) is 0 Å². The molecule has 2 aliphatic rings. The van der Waals surface area contributed by atoms with Gasteiger partial charge in [0.25, 0.3) is 0 Å². The minimum atomic E-state index is -0.215. The Morgan fingerprint density at radius 3 is 2.29 bits per heavy atom. The van der Waals surface area contributed by atoms with Crippen LogP contribution in [0.15, 0.2) is 0 Å². The molecular formula is C12H22O2. The van der Waals surface area contributed by atoms with Gasteiger partial charge in [0, 0.05) is 18.3 Å². The second kappa shape index (κ2) is 3.49. The lowest BCUT2D eigenvalue weighted by Gasteiger charge is -2.49. The Morgan fingerprint density at radius 2 is 1.71 bits per heavy atom. The minimum absolute atomic E-state index is 0.169. The van der Waals surface area contributed by atoms with Crippen LogP contribution in [-0.4, -0.2) is 18.5 Å². The fourth-order valence-corrected chi connectivity index (χ4v) is 2.30. The first-order chi connectivity index (χ1) is 6.54. The summed E-state index contributed by atoms with van der Waals surface area (Å²) in [7, 11) is 0. The highest BCUT2D eigenvalue weighted by Crippen LogP contribution is 2.42. The van der Waals surface area contributed by atoms with E-state index in [9.17, 15) is 0 Å². The predicted molar refractivity (Wildman–Crippen MR) is 56.1 cm³/mol. The summed E-state index contributed by atoms with van der Waals surface area (Å²) in [5.41, 5.74) is 0.169. The average Bonchev–Trinajstić information content (AvgIpc) is 2.15. The fourth-order valence-electron chi connectivity index (χ4n) is 2.30. The summed E-state index contributed by atoms with van der Waals surface area (Å²) >= 11 is 0. The van der Waals surface area contributed by atoms with Crippen LogP contribution in [0.2, 0.25) is 0 Å². The molecule has 2 heteroatoms. The van der Waals surface area contributed by atoms with Gasteiger partial charge in [0.15, 0.2) is 5.79 Å². The minimum Gasteiger partial charge on any atom is -0.349 e. The van der Waals surface area contributed by atoms with Gasteiger partial charge in [-0.05, 0) is 19.8 Å². The first-order valence-electron chi connectivity index (χ1n) is 5.86. The quantitative estimate of drug-likeness (QED) is 0.595. The van der Waals surface area contributed by atoms with Crippen LogP contribution in [0.3, 0.4) is 0 Å². The van der Waals surface area contributed by atoms with Crippen molar-refractivity contribution in [3.8, 4) is 0 Å². The van der Waals surface area contributed by atoms with E-state index in [0.717, 1.165) is 19.4 Å². The lowest BCUT2D eigenvalue weighted by molar-refractivity contribution is -0.335. The molecule has 1 saturated heterocycles. The van der Waals surface area contributed by atoms with Crippen molar-refractivity contribution < 1.29 is 9.47 Å². The third-order valence-corrected chi connectivity index (χ3v) is 3.81. The maximum absolute atomic E-state index is 6.11. The van der Waals surface area contributed by atoms with Gasteiger partial charge in [-0.1, -0.05) is 20.3 Å². The first kappa shape index (κ1) is 10.4. The van der Waals surface area contributed by atoms with E-state index in [2.05, 4.69) is 20.8 Å². The van der Waals surface area contributed by atoms with Crippen molar-refractivity contribution in [2.75, 3.05) is 6.61 Å². The zero-order valence-electron chi connectivity index (χ0n) is 9.64. The van der Waals surface area contributed by atoms with Gasteiger partial charge >= 0.3 is 0 Å². The highest BCUT2D eigenvalue weighted by Gasteiger charge is 2.45. The molecule has 0 aromatic heterocycles. The Morgan fingerprint density at radius 1 is 1.07 bits per heavy atom. The third-order valence-electron chi connectivity index (χ3n) is 3.81. The summed E-state index contributed by atoms with van der Waals surface area (Å²) in [4.78, 5) is 0. The summed E-state index contributed by atoms with van der Waals surface area (Å²) in [6, 6.07) is 0. The maximum Gasteiger partial charge on any atom is 0.168 e. The van der Waals surface area contributed by atoms with Gasteiger partial charge in [0.2, 0.25) is 0 Å². The van der Waals surface area contributed by atoms with Crippen molar-refractivity contribution in [2.24, 2.45) is 5.41 Å². The van der Waals surface area contributed by atoms with E-state index in [1.54, 1.807) is 0 Å². The predicted octanol–water partition coefficient (Wildman–Crippen LogP) is 3.11. The second-order valence-corrected chi connectivity index (χ2v) is 5.51. The van der Waals surface area contributed by atoms with Crippen LogP contribution in [0.25, 0.3) is 0 Å². The van der Waals surface area contributed by atoms with Gasteiger partial charge in [-0.25, -0.2) is 0 Å². The van der Waals surface area contributed by atoms with E-state index < -0.39 is 0 Å². The van der Waals surface area contributed by atoms with Crippen molar-refractivity contribution in [3.05, 3.63) is 0 Å². The molecule has 2 fully saturated rings. The van der Waals surface area contributed by atoms with Crippen LogP contribution in [0, 0.1) is 5.41 Å². The molecule has 2 rings (SSSR count). The summed E-state index contributed by atoms with van der Waals surface area (Å²) in [6.45, 7) is 7.45. The molecule has 0 amide bonds. The van der Waals surface area contributed by atoms with E-state index in [-0.39, 0.29) is 11.2 Å². The van der Waals surface area contributed by atoms with Gasteiger partial charge in [-0.3, -0.25) is 0 Å². The second-order valence-electron chi connectivity index (χ2n) is 5.51. The summed E-state index contributed by atoms with van der Waals surface area (Å²) in [5.74, 6) is -0.215. The number of rotatable bonds is 0. The van der Waals surface area contributed by atoms with Crippen LogP contribution in [0.4, 0.5) is 0 Å². The molecule has 14 heavy (non-hydrogen) atoms. The Balaban J connectivity index is 2.03. The van der Waals surface area contributed by atoms with Crippen LogP contribution in [0.5, 0.6) is 0 Å². The Kier molecular flexibility index (Phi) is 2.61. The smallest absolute Gasteiger partial charge is 0.168 e. The lowest BCUT2D eigenvalue weighted by atomic mass is 9.84. The number of hydrogen-bond donors (Lipinski definition) is 0. The van der Waals surface area contributed by atoms with Crippen LogP contribution >= 0.6 is 0 Å². The SMILES string of the molecule is C[C@H]1OC2(CCCCC2)OCC1(C)C. The van der Waals surface area contributed by atoms with E-state index in [4.69, 9.17) is 9.47 Å². The highest BCUT2D eigenvalue weighted by atomic mass is 16.7. The van der Waals surface area contributed by atoms with Crippen LogP contribution in [0.1, 0.15) is 52.9 Å². The van der Waals surface area contributed by atoms with E-state index in [1.165, 1.54) is 19.3 Å². The molecule has 0 N–H and O–H groups in total. The molecule has 1 heterocycles. The van der Waals surface area contributed by atoms with Gasteiger partial charge in [-0.2, -0.15) is 0 Å². The summed E-state index contributed by atoms with van der Waals surface area (Å²) < 4.78 is 12.1. The Labute approximate surface area is 87.0 Å². The topological polar surface area (TPSA) is 18.5 Å². The normalized spacial score (nSPS) is 35.8. The van der Waals surface area contributed by atoms with Gasteiger partial charge in [-0.15, -0.1) is 0 Å². The monoisotopic (exact) mass is 198 g/mol. The van der Waals surface area contributed by atoms with Gasteiger partial charge in [0.05, 0.1) is 12.7 Å². The summed E-state index contributed by atoms with van der Waals surface area (Å²) in [6.07, 6.45) is 6.35. The van der Waals surface area contributed by atoms with Crippen molar-refractivity contribution in [1.29, 1.82) is 0 Å². The molecule has 0 aromatic rings. The first-order valence-corrected chi connectivity index (χ1v) is 5.86. The highest BCUT2D eigenvalue weighted by molar-refractivity contribution is 4.87. The maximum atomic E-state index is 6.11. The molecule has 82 valence electrons. The lowest BCUT2D eigenvalue weighted by Crippen LogP contribution is -2.52. The molecule has 1 spiro atoms. The Hall–Kier alpha value is -0.0800. The number of hydrogen-bond acceptors (Lipinski definition) is 2. The molecule has 2 nitrogen and oxygen atoms in total. The van der Waals surface area contributed by atoms with E-state index in [1.807, 2.05) is 0 Å². The molecule has 1 aliphatic carbocycles. The molecule has 1 saturated carbocycles. The molecule has 0 unspecified atom stereocenters. The largest absolute Gasteiger partial charge is 0.349 e. The average molecular weight is 198 g/mol. The van der Waals surface area contributed by atoms with Gasteiger partial charge < -0.3 is 9.47 Å². The molecule has 1 aliphatic heterocycles. The third kappa shape index (κ3) is 1.82. The number of ether oxygens (including phenoxy) is 2. The molecule has 0 bridgehead atoms. The van der Waals surface area contributed by atoms with Crippen LogP contribution < -0.4 is 0 Å². The fraction of sp³-hybridized carbons (Fsp3) is 1.00. The van der Waals surface area contributed by atoms with Crippen LogP contribution in [-0.2, 0) is 9.47 Å². The van der Waals surface area contributed by atoms with Crippen molar-refractivity contribution >= 4 is 0 Å². The molecule has 0 radical (unpaired) electrons. The van der Waals surface area contributed by atoms with E-state index >= 15 is 0 Å². The summed E-state index contributed by atoms with van der Waals surface area (Å²) in [5, 5.41) is 0. The van der Waals surface area contributed by atoms with Crippen molar-refractivity contribution in [2.45, 2.75) is 64.8 Å². The van der Waals surface area contributed by atoms with Crippen molar-refractivity contribution in [3.63, 3.8) is 0 Å². The van der Waals surface area contributed by atoms with Crippen molar-refractivity contribution in [1.82, 2.24) is 0 Å². The standard InChI is InChI=1S/C12H22O2/c1-10-11(2,3)9-13-12(14-10)7-5-4-6-8-12/h10H,4-9H2,1-3H3/t10-/m1/s1. The molecule has 1 atom stereocenters. The zero-order valence-corrected chi connectivity index (χ0v) is 9.64. The Bertz CT molecular complexity index is 204.